The van der Waals surface area contributed by atoms with E-state index in [1.54, 1.807) is 13.1 Å². The van der Waals surface area contributed by atoms with Gasteiger partial charge in [0, 0.05) is 43.2 Å². The molecule has 1 aromatic rings. The maximum atomic E-state index is 12.2. The maximum Gasteiger partial charge on any atom is 0.243 e. The van der Waals surface area contributed by atoms with E-state index in [-0.39, 0.29) is 36.4 Å². The fourth-order valence-electron chi connectivity index (χ4n) is 4.52. The highest BCUT2D eigenvalue weighted by Gasteiger charge is 2.53. The van der Waals surface area contributed by atoms with Crippen LogP contribution in [0.5, 0.6) is 0 Å². The summed E-state index contributed by atoms with van der Waals surface area (Å²) in [7, 11) is 1.76. The summed E-state index contributed by atoms with van der Waals surface area (Å²) in [4.78, 5) is 18.9. The van der Waals surface area contributed by atoms with E-state index in [0.29, 0.717) is 29.7 Å². The normalized spacial score (nSPS) is 28.3. The topological polar surface area (TPSA) is 66.0 Å². The molecule has 0 saturated carbocycles. The van der Waals surface area contributed by atoms with Gasteiger partial charge in [-0.2, -0.15) is 0 Å². The number of anilines is 1. The third-order valence-electron chi connectivity index (χ3n) is 5.68. The number of nitrogens with zero attached hydrogens (tertiary/aromatic N) is 2. The summed E-state index contributed by atoms with van der Waals surface area (Å²) in [5.41, 5.74) is 1.44. The molecule has 6 nitrogen and oxygen atoms in total. The Bertz CT molecular complexity index is 757. The Balaban J connectivity index is 0.00000210. The molecule has 4 atom stereocenters. The van der Waals surface area contributed by atoms with Crippen LogP contribution in [0, 0.1) is 24.2 Å². The third kappa shape index (κ3) is 4.06. The van der Waals surface area contributed by atoms with Crippen molar-refractivity contribution in [3.63, 3.8) is 0 Å². The van der Waals surface area contributed by atoms with E-state index in [0.717, 1.165) is 24.6 Å². The lowest BCUT2D eigenvalue weighted by Crippen LogP contribution is -2.44. The molecule has 144 valence electrons. The Kier molecular flexibility index (Phi) is 6.27. The monoisotopic (exact) mass is 480 g/mol. The highest BCUT2D eigenvalue weighted by molar-refractivity contribution is 14.0. The molecule has 27 heavy (non-hydrogen) atoms. The minimum atomic E-state index is -0.122. The Morgan fingerprint density at radius 3 is 2.67 bits per heavy atom. The zero-order valence-corrected chi connectivity index (χ0v) is 17.7. The molecule has 0 aromatic heterocycles. The van der Waals surface area contributed by atoms with Crippen LogP contribution >= 0.6 is 24.0 Å². The highest BCUT2D eigenvalue weighted by atomic mass is 127. The number of guanidine groups is 1. The first-order valence-corrected chi connectivity index (χ1v) is 9.15. The molecule has 3 fully saturated rings. The summed E-state index contributed by atoms with van der Waals surface area (Å²) in [5.74, 6) is 4.44. The molecule has 1 amide bonds. The summed E-state index contributed by atoms with van der Waals surface area (Å²) in [6.07, 6.45) is 8.60. The van der Waals surface area contributed by atoms with Crippen molar-refractivity contribution in [2.24, 2.45) is 16.8 Å². The predicted molar refractivity (Wildman–Crippen MR) is 116 cm³/mol. The number of ether oxygens (including phenoxy) is 1. The van der Waals surface area contributed by atoms with Gasteiger partial charge in [0.05, 0.1) is 18.8 Å². The van der Waals surface area contributed by atoms with E-state index in [1.807, 2.05) is 18.2 Å². The number of rotatable bonds is 3. The van der Waals surface area contributed by atoms with Gasteiger partial charge in [-0.15, -0.1) is 30.4 Å². The summed E-state index contributed by atoms with van der Waals surface area (Å²) < 4.78 is 6.02. The lowest BCUT2D eigenvalue weighted by Gasteiger charge is -2.23. The quantitative estimate of drug-likeness (QED) is 0.300. The van der Waals surface area contributed by atoms with Gasteiger partial charge in [-0.1, -0.05) is 12.0 Å². The number of amides is 1. The smallest absolute Gasteiger partial charge is 0.243 e. The van der Waals surface area contributed by atoms with Crippen molar-refractivity contribution in [3.05, 3.63) is 29.8 Å². The number of carbonyl (C=O) groups excluding carboxylic acids is 1. The summed E-state index contributed by atoms with van der Waals surface area (Å²) >= 11 is 0. The number of aliphatic imine (C=N–C) groups is 1. The van der Waals surface area contributed by atoms with Gasteiger partial charge in [0.1, 0.15) is 0 Å². The summed E-state index contributed by atoms with van der Waals surface area (Å²) in [5, 5.41) is 6.04. The summed E-state index contributed by atoms with van der Waals surface area (Å²) in [6, 6.07) is 7.27. The molecule has 1 aromatic carbocycles. The Morgan fingerprint density at radius 1 is 1.33 bits per heavy atom. The molecule has 4 rings (SSSR count). The molecule has 4 unspecified atom stereocenters. The van der Waals surface area contributed by atoms with Gasteiger partial charge in [-0.25, -0.2) is 0 Å². The second kappa shape index (κ2) is 8.48. The fourth-order valence-corrected chi connectivity index (χ4v) is 4.52. The van der Waals surface area contributed by atoms with Gasteiger partial charge in [0.2, 0.25) is 5.91 Å². The number of hydrogen-bond acceptors (Lipinski definition) is 3. The van der Waals surface area contributed by atoms with E-state index >= 15 is 0 Å². The zero-order valence-electron chi connectivity index (χ0n) is 15.4. The van der Waals surface area contributed by atoms with Gasteiger partial charge < -0.3 is 20.3 Å². The third-order valence-corrected chi connectivity index (χ3v) is 5.68. The molecule has 7 heteroatoms. The molecule has 0 radical (unpaired) electrons. The molecule has 2 N–H and O–H groups in total. The molecule has 3 saturated heterocycles. The second-order valence-electron chi connectivity index (χ2n) is 7.20. The van der Waals surface area contributed by atoms with Crippen molar-refractivity contribution >= 4 is 41.5 Å². The SMILES string of the molecule is C#Cc1cccc(NC(=O)CNC(=NC)N2CC3C4CCC(O4)C3C2)c1.I. The van der Waals surface area contributed by atoms with Crippen LogP contribution in [-0.4, -0.2) is 55.7 Å². The first kappa shape index (κ1) is 20.0. The molecule has 2 bridgehead atoms. The standard InChI is InChI=1S/C20H24N4O2.HI/c1-3-13-5-4-6-14(9-13)23-19(25)10-22-20(21-2)24-11-15-16(12-24)18-8-7-17(15)26-18;/h1,4-6,9,15-18H,7-8,10-12H2,2H3,(H,21,22)(H,23,25);1H. The first-order chi connectivity index (χ1) is 12.7. The number of carbonyl (C=O) groups is 1. The van der Waals surface area contributed by atoms with E-state index < -0.39 is 0 Å². The Morgan fingerprint density at radius 2 is 2.04 bits per heavy atom. The maximum absolute atomic E-state index is 12.2. The number of benzene rings is 1. The number of hydrogen-bond donors (Lipinski definition) is 2. The van der Waals surface area contributed by atoms with Crippen molar-refractivity contribution in [2.75, 3.05) is 32.0 Å². The van der Waals surface area contributed by atoms with Crippen LogP contribution in [0.2, 0.25) is 0 Å². The average molecular weight is 480 g/mol. The number of terminal acetylenes is 1. The Labute approximate surface area is 177 Å². The molecular weight excluding hydrogens is 455 g/mol. The molecule has 3 aliphatic heterocycles. The molecular formula is C20H25IN4O2. The van der Waals surface area contributed by atoms with Gasteiger partial charge in [0.15, 0.2) is 5.96 Å². The molecule has 0 aliphatic carbocycles. The van der Waals surface area contributed by atoms with Crippen molar-refractivity contribution in [2.45, 2.75) is 25.0 Å². The van der Waals surface area contributed by atoms with E-state index in [9.17, 15) is 4.79 Å². The van der Waals surface area contributed by atoms with Crippen molar-refractivity contribution in [3.8, 4) is 12.3 Å². The minimum Gasteiger partial charge on any atom is -0.374 e. The van der Waals surface area contributed by atoms with Crippen molar-refractivity contribution in [1.82, 2.24) is 10.2 Å². The van der Waals surface area contributed by atoms with Gasteiger partial charge in [0.25, 0.3) is 0 Å². The van der Waals surface area contributed by atoms with Crippen LogP contribution in [0.25, 0.3) is 0 Å². The van der Waals surface area contributed by atoms with Gasteiger partial charge in [-0.3, -0.25) is 9.79 Å². The van der Waals surface area contributed by atoms with E-state index in [4.69, 9.17) is 11.2 Å². The number of fused-ring (bicyclic) bond motifs is 5. The largest absolute Gasteiger partial charge is 0.374 e. The molecule has 3 aliphatic rings. The fraction of sp³-hybridized carbons (Fsp3) is 0.500. The first-order valence-electron chi connectivity index (χ1n) is 9.15. The van der Waals surface area contributed by atoms with Crippen LogP contribution in [-0.2, 0) is 9.53 Å². The van der Waals surface area contributed by atoms with Crippen LogP contribution < -0.4 is 10.6 Å². The lowest BCUT2D eigenvalue weighted by molar-refractivity contribution is -0.115. The summed E-state index contributed by atoms with van der Waals surface area (Å²) in [6.45, 7) is 2.08. The van der Waals surface area contributed by atoms with Crippen molar-refractivity contribution < 1.29 is 9.53 Å². The lowest BCUT2D eigenvalue weighted by atomic mass is 9.82. The van der Waals surface area contributed by atoms with Gasteiger partial charge in [-0.05, 0) is 31.0 Å². The average Bonchev–Trinajstić information content (AvgIpc) is 3.35. The van der Waals surface area contributed by atoms with Gasteiger partial charge >= 0.3 is 0 Å². The second-order valence-corrected chi connectivity index (χ2v) is 7.20. The molecule has 0 spiro atoms. The number of halogens is 1. The van der Waals surface area contributed by atoms with Crippen LogP contribution in [0.15, 0.2) is 29.3 Å². The number of likely N-dealkylation sites (tertiary alicyclic amines) is 1. The van der Waals surface area contributed by atoms with Crippen LogP contribution in [0.1, 0.15) is 18.4 Å². The highest BCUT2D eigenvalue weighted by Crippen LogP contribution is 2.47. The van der Waals surface area contributed by atoms with Crippen LogP contribution in [0.3, 0.4) is 0 Å². The molecule has 3 heterocycles. The number of nitrogens with one attached hydrogen (secondary N) is 2. The van der Waals surface area contributed by atoms with E-state index in [1.165, 1.54) is 12.8 Å². The van der Waals surface area contributed by atoms with E-state index in [2.05, 4.69) is 26.4 Å². The predicted octanol–water partition coefficient (Wildman–Crippen LogP) is 1.91. The Hall–Kier alpha value is -1.79. The van der Waals surface area contributed by atoms with Crippen LogP contribution in [0.4, 0.5) is 5.69 Å². The zero-order chi connectivity index (χ0) is 18.1. The minimum absolute atomic E-state index is 0. The van der Waals surface area contributed by atoms with Crippen molar-refractivity contribution in [1.29, 1.82) is 0 Å².